The van der Waals surface area contributed by atoms with Gasteiger partial charge < -0.3 is 16.0 Å². The van der Waals surface area contributed by atoms with Crippen molar-refractivity contribution in [1.29, 1.82) is 0 Å². The Kier molecular flexibility index (Phi) is 7.03. The van der Waals surface area contributed by atoms with E-state index in [1.54, 1.807) is 0 Å². The molecule has 0 unspecified atom stereocenters. The van der Waals surface area contributed by atoms with Gasteiger partial charge in [0.25, 0.3) is 5.91 Å². The molecule has 4 nitrogen and oxygen atoms in total. The molecule has 4 rings (SSSR count). The molecule has 0 radical (unpaired) electrons. The Morgan fingerprint density at radius 3 is 2.41 bits per heavy atom. The molecule has 0 saturated heterocycles. The van der Waals surface area contributed by atoms with Crippen molar-refractivity contribution >= 4 is 28.1 Å². The summed E-state index contributed by atoms with van der Waals surface area (Å²) in [5.74, 6) is -0.0551. The zero-order chi connectivity index (χ0) is 22.2. The lowest BCUT2D eigenvalue weighted by Crippen LogP contribution is -2.28. The number of fused-ring (bicyclic) bond motifs is 1. The molecule has 4 aromatic carbocycles. The highest BCUT2D eigenvalue weighted by Crippen LogP contribution is 2.22. The van der Waals surface area contributed by atoms with Crippen LogP contribution in [0.1, 0.15) is 28.4 Å². The fourth-order valence-corrected chi connectivity index (χ4v) is 3.88. The van der Waals surface area contributed by atoms with Crippen LogP contribution in [0.5, 0.6) is 0 Å². The van der Waals surface area contributed by atoms with Gasteiger partial charge >= 0.3 is 0 Å². The first-order chi connectivity index (χ1) is 15.7. The number of para-hydroxylation sites is 1. The van der Waals surface area contributed by atoms with Gasteiger partial charge in [-0.2, -0.15) is 0 Å². The molecular formula is C28H29N3O. The number of hydrogen-bond acceptors (Lipinski definition) is 3. The number of nitrogens with one attached hydrogen (secondary N) is 3. The van der Waals surface area contributed by atoms with E-state index in [0.29, 0.717) is 25.2 Å². The quantitative estimate of drug-likeness (QED) is 0.296. The van der Waals surface area contributed by atoms with Gasteiger partial charge in [0.1, 0.15) is 0 Å². The van der Waals surface area contributed by atoms with Crippen LogP contribution in [0.2, 0.25) is 0 Å². The minimum absolute atomic E-state index is 0.0551. The third-order valence-corrected chi connectivity index (χ3v) is 5.59. The van der Waals surface area contributed by atoms with Gasteiger partial charge in [0.15, 0.2) is 0 Å². The SMILES string of the molecule is CCc1ccccc1NCc1cccc(C(=O)NCCNc2cccc3ccccc23)c1. The fourth-order valence-electron chi connectivity index (χ4n) is 3.88. The van der Waals surface area contributed by atoms with Crippen LogP contribution in [0.15, 0.2) is 91.0 Å². The third-order valence-electron chi connectivity index (χ3n) is 5.59. The molecule has 0 aliphatic heterocycles. The molecule has 32 heavy (non-hydrogen) atoms. The second-order valence-electron chi connectivity index (χ2n) is 7.77. The largest absolute Gasteiger partial charge is 0.383 e. The van der Waals surface area contributed by atoms with E-state index in [9.17, 15) is 4.79 Å². The van der Waals surface area contributed by atoms with Crippen LogP contribution in [-0.4, -0.2) is 19.0 Å². The molecule has 0 bridgehead atoms. The smallest absolute Gasteiger partial charge is 0.251 e. The van der Waals surface area contributed by atoms with Crippen molar-refractivity contribution in [2.75, 3.05) is 23.7 Å². The van der Waals surface area contributed by atoms with E-state index in [1.807, 2.05) is 48.5 Å². The summed E-state index contributed by atoms with van der Waals surface area (Å²) >= 11 is 0. The zero-order valence-corrected chi connectivity index (χ0v) is 18.4. The Balaban J connectivity index is 1.30. The number of benzene rings is 4. The number of carbonyl (C=O) groups is 1. The van der Waals surface area contributed by atoms with Gasteiger partial charge in [-0.15, -0.1) is 0 Å². The minimum Gasteiger partial charge on any atom is -0.383 e. The van der Waals surface area contributed by atoms with Crippen LogP contribution in [-0.2, 0) is 13.0 Å². The number of anilines is 2. The molecule has 4 heteroatoms. The molecule has 0 heterocycles. The Morgan fingerprint density at radius 1 is 0.750 bits per heavy atom. The highest BCUT2D eigenvalue weighted by molar-refractivity contribution is 5.95. The standard InChI is InChI=1S/C28H29N3O/c1-2-22-10-4-6-15-26(22)31-20-21-9-7-13-24(19-21)28(32)30-18-17-29-27-16-8-12-23-11-3-5-14-25(23)27/h3-16,19,29,31H,2,17-18,20H2,1H3,(H,30,32). The molecule has 4 aromatic rings. The minimum atomic E-state index is -0.0551. The number of carbonyl (C=O) groups excluding carboxylic acids is 1. The molecule has 0 spiro atoms. The van der Waals surface area contributed by atoms with Crippen LogP contribution in [0.25, 0.3) is 10.8 Å². The first kappa shape index (κ1) is 21.4. The van der Waals surface area contributed by atoms with Gasteiger partial charge in [0.2, 0.25) is 0 Å². The van der Waals surface area contributed by atoms with Crippen LogP contribution in [0.3, 0.4) is 0 Å². The van der Waals surface area contributed by atoms with Gasteiger partial charge in [-0.3, -0.25) is 4.79 Å². The second kappa shape index (κ2) is 10.5. The maximum atomic E-state index is 12.6. The molecule has 0 atom stereocenters. The predicted molar refractivity (Wildman–Crippen MR) is 134 cm³/mol. The Labute approximate surface area is 189 Å². The average molecular weight is 424 g/mol. The summed E-state index contributed by atoms with van der Waals surface area (Å²) in [5.41, 5.74) is 5.28. The van der Waals surface area contributed by atoms with E-state index < -0.39 is 0 Å². The average Bonchev–Trinajstić information content (AvgIpc) is 2.85. The number of aryl methyl sites for hydroxylation is 1. The predicted octanol–water partition coefficient (Wildman–Crippen LogP) is 5.86. The summed E-state index contributed by atoms with van der Waals surface area (Å²) in [6.45, 7) is 4.05. The second-order valence-corrected chi connectivity index (χ2v) is 7.77. The van der Waals surface area contributed by atoms with Crippen molar-refractivity contribution in [3.8, 4) is 0 Å². The van der Waals surface area contributed by atoms with Crippen molar-refractivity contribution in [1.82, 2.24) is 5.32 Å². The van der Waals surface area contributed by atoms with Crippen molar-refractivity contribution in [3.05, 3.63) is 108 Å². The van der Waals surface area contributed by atoms with E-state index in [2.05, 4.69) is 65.3 Å². The van der Waals surface area contributed by atoms with Gasteiger partial charge in [0.05, 0.1) is 0 Å². The summed E-state index contributed by atoms with van der Waals surface area (Å²) < 4.78 is 0. The summed E-state index contributed by atoms with van der Waals surface area (Å²) in [4.78, 5) is 12.6. The number of amides is 1. The fraction of sp³-hybridized carbons (Fsp3) is 0.179. The maximum Gasteiger partial charge on any atom is 0.251 e. The topological polar surface area (TPSA) is 53.2 Å². The molecule has 162 valence electrons. The number of rotatable bonds is 9. The summed E-state index contributed by atoms with van der Waals surface area (Å²) in [5, 5.41) is 12.3. The molecule has 3 N–H and O–H groups in total. The van der Waals surface area contributed by atoms with Crippen LogP contribution >= 0.6 is 0 Å². The van der Waals surface area contributed by atoms with E-state index in [0.717, 1.165) is 23.4 Å². The maximum absolute atomic E-state index is 12.6. The summed E-state index contributed by atoms with van der Waals surface area (Å²) in [6.07, 6.45) is 0.985. The molecule has 0 saturated carbocycles. The van der Waals surface area contributed by atoms with Crippen molar-refractivity contribution in [2.24, 2.45) is 0 Å². The lowest BCUT2D eigenvalue weighted by Gasteiger charge is -2.12. The molecule has 1 amide bonds. The van der Waals surface area contributed by atoms with E-state index >= 15 is 0 Å². The summed E-state index contributed by atoms with van der Waals surface area (Å²) in [7, 11) is 0. The normalized spacial score (nSPS) is 10.7. The highest BCUT2D eigenvalue weighted by Gasteiger charge is 2.07. The van der Waals surface area contributed by atoms with Gasteiger partial charge in [-0.25, -0.2) is 0 Å². The first-order valence-electron chi connectivity index (χ1n) is 11.1. The van der Waals surface area contributed by atoms with E-state index in [1.165, 1.54) is 16.3 Å². The first-order valence-corrected chi connectivity index (χ1v) is 11.1. The lowest BCUT2D eigenvalue weighted by molar-refractivity contribution is 0.0955. The van der Waals surface area contributed by atoms with E-state index in [-0.39, 0.29) is 5.91 Å². The van der Waals surface area contributed by atoms with Crippen molar-refractivity contribution in [3.63, 3.8) is 0 Å². The van der Waals surface area contributed by atoms with Gasteiger partial charge in [-0.05, 0) is 47.2 Å². The monoisotopic (exact) mass is 423 g/mol. The molecule has 0 aliphatic carbocycles. The van der Waals surface area contributed by atoms with Crippen molar-refractivity contribution < 1.29 is 4.79 Å². The summed E-state index contributed by atoms with van der Waals surface area (Å²) in [6, 6.07) is 30.6. The number of hydrogen-bond donors (Lipinski definition) is 3. The van der Waals surface area contributed by atoms with Crippen molar-refractivity contribution in [2.45, 2.75) is 19.9 Å². The highest BCUT2D eigenvalue weighted by atomic mass is 16.1. The molecule has 0 aliphatic rings. The zero-order valence-electron chi connectivity index (χ0n) is 18.4. The van der Waals surface area contributed by atoms with Crippen LogP contribution < -0.4 is 16.0 Å². The molecule has 0 aromatic heterocycles. The molecule has 0 fully saturated rings. The Morgan fingerprint density at radius 2 is 1.50 bits per heavy atom. The molecular weight excluding hydrogens is 394 g/mol. The van der Waals surface area contributed by atoms with Crippen LogP contribution in [0.4, 0.5) is 11.4 Å². The van der Waals surface area contributed by atoms with Gasteiger partial charge in [-0.1, -0.05) is 73.7 Å². The lowest BCUT2D eigenvalue weighted by atomic mass is 10.1. The van der Waals surface area contributed by atoms with Crippen LogP contribution in [0, 0.1) is 0 Å². The Hall–Kier alpha value is -3.79. The Bertz CT molecular complexity index is 1200. The van der Waals surface area contributed by atoms with E-state index in [4.69, 9.17) is 0 Å². The third kappa shape index (κ3) is 5.27. The van der Waals surface area contributed by atoms with Gasteiger partial charge in [0, 0.05) is 42.0 Å².